The third kappa shape index (κ3) is 3.33. The Kier molecular flexibility index (Phi) is 4.81. The first-order valence-electron chi connectivity index (χ1n) is 8.00. The maximum Gasteiger partial charge on any atom is 0.266 e. The van der Waals surface area contributed by atoms with Gasteiger partial charge in [0.25, 0.3) is 5.91 Å². The summed E-state index contributed by atoms with van der Waals surface area (Å²) in [6.07, 6.45) is 1.49. The van der Waals surface area contributed by atoms with E-state index in [4.69, 9.17) is 14.2 Å². The monoisotopic (exact) mass is 350 g/mol. The summed E-state index contributed by atoms with van der Waals surface area (Å²) in [4.78, 5) is 12.6. The van der Waals surface area contributed by atoms with Crippen molar-refractivity contribution in [2.24, 2.45) is 0 Å². The number of hydrogen-bond donors (Lipinski definition) is 1. The lowest BCUT2D eigenvalue weighted by molar-refractivity contribution is -0.112. The summed E-state index contributed by atoms with van der Waals surface area (Å²) < 4.78 is 16.0. The van der Waals surface area contributed by atoms with Crippen LogP contribution in [0.3, 0.4) is 0 Å². The van der Waals surface area contributed by atoms with Crippen molar-refractivity contribution >= 4 is 17.7 Å². The number of amides is 1. The van der Waals surface area contributed by atoms with E-state index in [0.29, 0.717) is 28.5 Å². The Bertz CT molecular complexity index is 921. The molecule has 0 saturated heterocycles. The van der Waals surface area contributed by atoms with Crippen LogP contribution in [0.15, 0.2) is 35.9 Å². The highest BCUT2D eigenvalue weighted by atomic mass is 16.7. The summed E-state index contributed by atoms with van der Waals surface area (Å²) in [5.74, 6) is 1.05. The van der Waals surface area contributed by atoms with E-state index in [-0.39, 0.29) is 12.4 Å². The normalized spacial score (nSPS) is 12.5. The first-order valence-corrected chi connectivity index (χ1v) is 8.00. The van der Waals surface area contributed by atoms with E-state index in [0.717, 1.165) is 11.1 Å². The molecule has 6 nitrogen and oxygen atoms in total. The molecule has 0 unspecified atom stereocenters. The topological polar surface area (TPSA) is 80.6 Å². The molecule has 132 valence electrons. The lowest BCUT2D eigenvalue weighted by Gasteiger charge is -2.11. The summed E-state index contributed by atoms with van der Waals surface area (Å²) in [6, 6.07) is 11.1. The highest BCUT2D eigenvalue weighted by Gasteiger charge is 2.20. The largest absolute Gasteiger partial charge is 0.493 e. The van der Waals surface area contributed by atoms with Crippen molar-refractivity contribution in [1.29, 1.82) is 5.26 Å². The van der Waals surface area contributed by atoms with E-state index in [1.165, 1.54) is 13.2 Å². The van der Waals surface area contributed by atoms with Crippen LogP contribution in [-0.2, 0) is 4.79 Å². The molecule has 1 heterocycles. The number of nitrogens with zero attached hydrogens (tertiary/aromatic N) is 1. The Morgan fingerprint density at radius 3 is 2.65 bits per heavy atom. The first-order chi connectivity index (χ1) is 12.5. The van der Waals surface area contributed by atoms with Gasteiger partial charge >= 0.3 is 0 Å². The van der Waals surface area contributed by atoms with Gasteiger partial charge in [-0.15, -0.1) is 0 Å². The van der Waals surface area contributed by atoms with Crippen molar-refractivity contribution in [2.75, 3.05) is 19.2 Å². The van der Waals surface area contributed by atoms with Gasteiger partial charge in [0, 0.05) is 5.69 Å². The van der Waals surface area contributed by atoms with Crippen LogP contribution in [0.5, 0.6) is 17.2 Å². The fourth-order valence-corrected chi connectivity index (χ4v) is 2.74. The summed E-state index contributed by atoms with van der Waals surface area (Å²) in [6.45, 7) is 3.92. The smallest absolute Gasteiger partial charge is 0.266 e. The van der Waals surface area contributed by atoms with Gasteiger partial charge in [-0.3, -0.25) is 4.79 Å². The molecule has 26 heavy (non-hydrogen) atoms. The Morgan fingerprint density at radius 2 is 2.00 bits per heavy atom. The highest BCUT2D eigenvalue weighted by Crippen LogP contribution is 2.42. The number of nitrogens with one attached hydrogen (secondary N) is 1. The molecule has 0 atom stereocenters. The molecular weight excluding hydrogens is 332 g/mol. The van der Waals surface area contributed by atoms with E-state index in [2.05, 4.69) is 5.32 Å². The molecular formula is C20H18N2O4. The van der Waals surface area contributed by atoms with Crippen molar-refractivity contribution in [3.05, 3.63) is 52.6 Å². The maximum absolute atomic E-state index is 12.6. The van der Waals surface area contributed by atoms with Crippen LogP contribution in [0, 0.1) is 25.2 Å². The van der Waals surface area contributed by atoms with E-state index in [1.54, 1.807) is 12.1 Å². The molecule has 3 rings (SSSR count). The molecule has 1 aliphatic rings. The molecule has 2 aromatic carbocycles. The van der Waals surface area contributed by atoms with Gasteiger partial charge in [-0.1, -0.05) is 18.2 Å². The average molecular weight is 350 g/mol. The van der Waals surface area contributed by atoms with Crippen LogP contribution in [0.1, 0.15) is 16.7 Å². The predicted molar refractivity (Wildman–Crippen MR) is 97.3 cm³/mol. The van der Waals surface area contributed by atoms with Crippen molar-refractivity contribution in [3.63, 3.8) is 0 Å². The number of rotatable bonds is 4. The standard InChI is InChI=1S/C20H18N2O4/c1-12-5-4-6-13(2)18(12)22-20(23)15(10-21)7-14-8-16(24-3)19-17(9-14)25-11-26-19/h4-9H,11H2,1-3H3,(H,22,23)/b15-7+. The number of fused-ring (bicyclic) bond motifs is 1. The SMILES string of the molecule is COc1cc(/C=C(\C#N)C(=O)Nc2c(C)cccc2C)cc2c1OCO2. The number of nitriles is 1. The number of carbonyl (C=O) groups is 1. The molecule has 1 N–H and O–H groups in total. The second-order valence-electron chi connectivity index (χ2n) is 5.85. The lowest BCUT2D eigenvalue weighted by Crippen LogP contribution is -2.15. The van der Waals surface area contributed by atoms with Crippen molar-refractivity contribution < 1.29 is 19.0 Å². The van der Waals surface area contributed by atoms with Crippen LogP contribution in [-0.4, -0.2) is 19.8 Å². The van der Waals surface area contributed by atoms with Gasteiger partial charge in [-0.25, -0.2) is 0 Å². The number of carbonyl (C=O) groups excluding carboxylic acids is 1. The van der Waals surface area contributed by atoms with Crippen molar-refractivity contribution in [3.8, 4) is 23.3 Å². The van der Waals surface area contributed by atoms with Crippen LogP contribution in [0.4, 0.5) is 5.69 Å². The molecule has 0 aliphatic carbocycles. The fourth-order valence-electron chi connectivity index (χ4n) is 2.74. The number of para-hydroxylation sites is 1. The minimum Gasteiger partial charge on any atom is -0.493 e. The molecule has 1 aliphatic heterocycles. The van der Waals surface area contributed by atoms with E-state index >= 15 is 0 Å². The van der Waals surface area contributed by atoms with Crippen molar-refractivity contribution in [2.45, 2.75) is 13.8 Å². The lowest BCUT2D eigenvalue weighted by atomic mass is 10.1. The average Bonchev–Trinajstić information content (AvgIpc) is 3.10. The van der Waals surface area contributed by atoms with Gasteiger partial charge in [0.05, 0.1) is 7.11 Å². The van der Waals surface area contributed by atoms with E-state index in [9.17, 15) is 10.1 Å². The van der Waals surface area contributed by atoms with Gasteiger partial charge in [0.1, 0.15) is 11.6 Å². The third-order valence-corrected chi connectivity index (χ3v) is 4.08. The predicted octanol–water partition coefficient (Wildman–Crippen LogP) is 3.59. The molecule has 0 fully saturated rings. The van der Waals surface area contributed by atoms with Crippen molar-refractivity contribution in [1.82, 2.24) is 0 Å². The number of benzene rings is 2. The summed E-state index contributed by atoms with van der Waals surface area (Å²) >= 11 is 0. The van der Waals surface area contributed by atoms with E-state index in [1.807, 2.05) is 38.1 Å². The molecule has 2 aromatic rings. The second kappa shape index (κ2) is 7.19. The van der Waals surface area contributed by atoms with E-state index < -0.39 is 5.91 Å². The number of aryl methyl sites for hydroxylation is 2. The summed E-state index contributed by atoms with van der Waals surface area (Å²) in [7, 11) is 1.52. The Labute approximate surface area is 151 Å². The van der Waals surface area contributed by atoms with Gasteiger partial charge in [-0.05, 0) is 48.7 Å². The maximum atomic E-state index is 12.6. The molecule has 0 saturated carbocycles. The highest BCUT2D eigenvalue weighted by molar-refractivity contribution is 6.10. The summed E-state index contributed by atoms with van der Waals surface area (Å²) in [5, 5.41) is 12.2. The first kappa shape index (κ1) is 17.4. The van der Waals surface area contributed by atoms with Crippen LogP contribution in [0.25, 0.3) is 6.08 Å². The second-order valence-corrected chi connectivity index (χ2v) is 5.85. The quantitative estimate of drug-likeness (QED) is 0.673. The minimum absolute atomic E-state index is 0.0198. The fraction of sp³-hybridized carbons (Fsp3) is 0.200. The van der Waals surface area contributed by atoms with Gasteiger partial charge in [0.2, 0.25) is 12.5 Å². The zero-order valence-electron chi connectivity index (χ0n) is 14.8. The molecule has 0 spiro atoms. The zero-order chi connectivity index (χ0) is 18.7. The Morgan fingerprint density at radius 1 is 1.27 bits per heavy atom. The number of hydrogen-bond acceptors (Lipinski definition) is 5. The molecule has 0 aromatic heterocycles. The zero-order valence-corrected chi connectivity index (χ0v) is 14.8. The molecule has 0 bridgehead atoms. The molecule has 0 radical (unpaired) electrons. The van der Waals surface area contributed by atoms with Crippen LogP contribution >= 0.6 is 0 Å². The minimum atomic E-state index is -0.471. The third-order valence-electron chi connectivity index (χ3n) is 4.08. The van der Waals surface area contributed by atoms with Crippen LogP contribution < -0.4 is 19.5 Å². The van der Waals surface area contributed by atoms with Gasteiger partial charge < -0.3 is 19.5 Å². The number of ether oxygens (including phenoxy) is 3. The number of anilines is 1. The Hall–Kier alpha value is -3.46. The van der Waals surface area contributed by atoms with Gasteiger partial charge in [0.15, 0.2) is 11.5 Å². The number of methoxy groups -OCH3 is 1. The Balaban J connectivity index is 1.92. The summed E-state index contributed by atoms with van der Waals surface area (Å²) in [5.41, 5.74) is 3.16. The molecule has 6 heteroatoms. The van der Waals surface area contributed by atoms with Gasteiger partial charge in [-0.2, -0.15) is 5.26 Å². The van der Waals surface area contributed by atoms with Crippen LogP contribution in [0.2, 0.25) is 0 Å². The molecule has 1 amide bonds.